The summed E-state index contributed by atoms with van der Waals surface area (Å²) in [6, 6.07) is 6.98. The van der Waals surface area contributed by atoms with Gasteiger partial charge < -0.3 is 10.0 Å². The predicted octanol–water partition coefficient (Wildman–Crippen LogP) is 6.75. The van der Waals surface area contributed by atoms with Crippen molar-refractivity contribution in [2.24, 2.45) is 17.3 Å². The Labute approximate surface area is 230 Å². The van der Waals surface area contributed by atoms with E-state index in [1.165, 1.54) is 6.92 Å². The molecule has 3 unspecified atom stereocenters. The van der Waals surface area contributed by atoms with Crippen LogP contribution in [0.3, 0.4) is 0 Å². The maximum Gasteiger partial charge on any atom is 0.456 e. The average Bonchev–Trinajstić information content (AvgIpc) is 3.54. The molecule has 0 radical (unpaired) electrons. The van der Waals surface area contributed by atoms with Gasteiger partial charge in [-0.1, -0.05) is 24.6 Å². The normalized spacial score (nSPS) is 34.4. The first-order valence-electron chi connectivity index (χ1n) is 14.3. The van der Waals surface area contributed by atoms with E-state index in [1.54, 1.807) is 35.2 Å². The van der Waals surface area contributed by atoms with Crippen molar-refractivity contribution >= 4 is 11.7 Å². The van der Waals surface area contributed by atoms with Crippen LogP contribution in [-0.2, 0) is 4.79 Å². The van der Waals surface area contributed by atoms with Gasteiger partial charge >= 0.3 is 12.1 Å². The molecule has 0 aromatic heterocycles. The molecule has 40 heavy (non-hydrogen) atoms. The van der Waals surface area contributed by atoms with E-state index >= 15 is 8.78 Å². The minimum atomic E-state index is -5.88. The summed E-state index contributed by atoms with van der Waals surface area (Å²) in [5, 5.41) is 11.4. The standard InChI is InChI=1S/C31H34F5NO3/c1-28-17-24(18-4-6-19(7-5-18)27(39)37-14-2-3-15-37)26-22-11-9-21(38)16-20(22)8-10-23(26)25(28)12-13-29(28,40)30(32,33)31(34,35)36/h4-7,16,23-25,40H,2-3,8-15,17H2,1H3/t23?,24?,25-,28?,29-/m0/s1. The summed E-state index contributed by atoms with van der Waals surface area (Å²) in [6.45, 7) is 2.81. The number of likely N-dealkylation sites (tertiary alicyclic amines) is 1. The lowest BCUT2D eigenvalue weighted by Crippen LogP contribution is -2.65. The van der Waals surface area contributed by atoms with E-state index in [0.717, 1.165) is 35.1 Å². The second kappa shape index (κ2) is 9.23. The number of ketones is 1. The number of benzene rings is 1. The lowest BCUT2D eigenvalue weighted by atomic mass is 9.50. The number of carbonyl (C=O) groups is 2. The molecular weight excluding hydrogens is 529 g/mol. The van der Waals surface area contributed by atoms with Crippen molar-refractivity contribution in [3.63, 3.8) is 0 Å². The van der Waals surface area contributed by atoms with Crippen LogP contribution in [0.5, 0.6) is 0 Å². The lowest BCUT2D eigenvalue weighted by Gasteiger charge is -2.56. The molecule has 1 amide bonds. The molecule has 4 nitrogen and oxygen atoms in total. The van der Waals surface area contributed by atoms with Crippen LogP contribution in [-0.4, -0.2) is 52.5 Å². The molecule has 216 valence electrons. The third-order valence-electron chi connectivity index (χ3n) is 10.7. The number of amides is 1. The number of allylic oxidation sites excluding steroid dienone is 4. The van der Waals surface area contributed by atoms with Crippen LogP contribution in [0.15, 0.2) is 47.1 Å². The molecule has 1 N–H and O–H groups in total. The van der Waals surface area contributed by atoms with Crippen LogP contribution in [0, 0.1) is 17.3 Å². The molecule has 0 bridgehead atoms. The number of hydrogen-bond acceptors (Lipinski definition) is 3. The highest BCUT2D eigenvalue weighted by atomic mass is 19.4. The number of aliphatic hydroxyl groups is 1. The number of halogens is 5. The summed E-state index contributed by atoms with van der Waals surface area (Å²) in [6.07, 6.45) is -0.985. The van der Waals surface area contributed by atoms with E-state index in [9.17, 15) is 27.9 Å². The summed E-state index contributed by atoms with van der Waals surface area (Å²) in [4.78, 5) is 26.9. The molecule has 1 aliphatic heterocycles. The summed E-state index contributed by atoms with van der Waals surface area (Å²) in [5.74, 6) is -6.62. The van der Waals surface area contributed by atoms with Crippen LogP contribution in [0.25, 0.3) is 0 Å². The van der Waals surface area contributed by atoms with E-state index < -0.39 is 41.4 Å². The molecular formula is C31H34F5NO3. The summed E-state index contributed by atoms with van der Waals surface area (Å²) in [7, 11) is 0. The van der Waals surface area contributed by atoms with E-state index in [0.29, 0.717) is 44.3 Å². The predicted molar refractivity (Wildman–Crippen MR) is 138 cm³/mol. The Hall–Kier alpha value is -2.55. The van der Waals surface area contributed by atoms with Crippen molar-refractivity contribution in [1.29, 1.82) is 0 Å². The van der Waals surface area contributed by atoms with Crippen molar-refractivity contribution in [2.75, 3.05) is 13.1 Å². The third kappa shape index (κ3) is 3.86. The minimum absolute atomic E-state index is 0.0415. The van der Waals surface area contributed by atoms with Gasteiger partial charge in [-0.15, -0.1) is 0 Å². The van der Waals surface area contributed by atoms with Crippen molar-refractivity contribution in [2.45, 2.75) is 88.3 Å². The fraction of sp³-hybridized carbons (Fsp3) is 0.613. The Kier molecular flexibility index (Phi) is 6.37. The molecule has 5 aliphatic rings. The number of rotatable bonds is 3. The monoisotopic (exact) mass is 563 g/mol. The topological polar surface area (TPSA) is 57.6 Å². The summed E-state index contributed by atoms with van der Waals surface area (Å²) < 4.78 is 71.4. The lowest BCUT2D eigenvalue weighted by molar-refractivity contribution is -0.362. The van der Waals surface area contributed by atoms with Crippen molar-refractivity contribution in [3.05, 3.63) is 58.2 Å². The molecule has 1 heterocycles. The minimum Gasteiger partial charge on any atom is -0.383 e. The van der Waals surface area contributed by atoms with Crippen LogP contribution in [0.1, 0.15) is 86.6 Å². The number of carbonyl (C=O) groups excluding carboxylic acids is 2. The second-order valence-electron chi connectivity index (χ2n) is 12.6. The zero-order chi connectivity index (χ0) is 28.7. The smallest absolute Gasteiger partial charge is 0.383 e. The van der Waals surface area contributed by atoms with Gasteiger partial charge in [-0.3, -0.25) is 9.59 Å². The molecule has 9 heteroatoms. The Morgan fingerprint density at radius 3 is 2.33 bits per heavy atom. The Bertz CT molecular complexity index is 1290. The molecule has 3 fully saturated rings. The highest BCUT2D eigenvalue weighted by Crippen LogP contribution is 2.70. The molecule has 5 atom stereocenters. The third-order valence-corrected chi connectivity index (χ3v) is 10.7. The highest BCUT2D eigenvalue weighted by Gasteiger charge is 2.79. The van der Waals surface area contributed by atoms with E-state index in [-0.39, 0.29) is 30.4 Å². The Balaban J connectivity index is 1.45. The molecule has 1 aromatic rings. The van der Waals surface area contributed by atoms with E-state index in [2.05, 4.69) is 0 Å². The SMILES string of the molecule is CC12CC(c3ccc(C(=O)N4CCCC4)cc3)C3=C4CCC(=O)C=C4CCC3[C@@H]1CC[C@@]2(O)C(F)(F)C(F)(F)F. The van der Waals surface area contributed by atoms with Gasteiger partial charge in [0.15, 0.2) is 5.78 Å². The van der Waals surface area contributed by atoms with Crippen LogP contribution < -0.4 is 0 Å². The first kappa shape index (κ1) is 27.6. The van der Waals surface area contributed by atoms with Crippen LogP contribution >= 0.6 is 0 Å². The zero-order valence-corrected chi connectivity index (χ0v) is 22.5. The zero-order valence-electron chi connectivity index (χ0n) is 22.5. The van der Waals surface area contributed by atoms with Gasteiger partial charge in [0.05, 0.1) is 0 Å². The maximum absolute atomic E-state index is 15.1. The van der Waals surface area contributed by atoms with Crippen LogP contribution in [0.2, 0.25) is 0 Å². The quantitative estimate of drug-likeness (QED) is 0.414. The van der Waals surface area contributed by atoms with Gasteiger partial charge in [0.25, 0.3) is 5.91 Å². The van der Waals surface area contributed by atoms with Crippen molar-refractivity contribution < 1.29 is 36.6 Å². The van der Waals surface area contributed by atoms with Gasteiger partial charge in [-0.25, -0.2) is 0 Å². The summed E-state index contributed by atoms with van der Waals surface area (Å²) in [5.41, 5.74) is -0.709. The summed E-state index contributed by atoms with van der Waals surface area (Å²) >= 11 is 0. The Morgan fingerprint density at radius 1 is 1.00 bits per heavy atom. The van der Waals surface area contributed by atoms with Crippen molar-refractivity contribution in [3.8, 4) is 0 Å². The fourth-order valence-corrected chi connectivity index (χ4v) is 8.68. The number of hydrogen-bond donors (Lipinski definition) is 1. The van der Waals surface area contributed by atoms with Gasteiger partial charge in [0.1, 0.15) is 5.60 Å². The van der Waals surface area contributed by atoms with E-state index in [4.69, 9.17) is 0 Å². The molecule has 2 saturated carbocycles. The first-order valence-corrected chi connectivity index (χ1v) is 14.3. The fourth-order valence-electron chi connectivity index (χ4n) is 8.68. The van der Waals surface area contributed by atoms with Gasteiger partial charge in [0.2, 0.25) is 0 Å². The highest BCUT2D eigenvalue weighted by molar-refractivity contribution is 5.94. The molecule has 1 saturated heterocycles. The molecule has 4 aliphatic carbocycles. The first-order chi connectivity index (χ1) is 18.8. The second-order valence-corrected chi connectivity index (χ2v) is 12.6. The average molecular weight is 564 g/mol. The van der Waals surface area contributed by atoms with Gasteiger partial charge in [0, 0.05) is 36.4 Å². The van der Waals surface area contributed by atoms with Gasteiger partial charge in [-0.2, -0.15) is 22.0 Å². The Morgan fingerprint density at radius 2 is 1.68 bits per heavy atom. The van der Waals surface area contributed by atoms with Gasteiger partial charge in [-0.05, 0) is 98.1 Å². The van der Waals surface area contributed by atoms with Crippen molar-refractivity contribution in [1.82, 2.24) is 4.90 Å². The number of alkyl halides is 5. The molecule has 6 rings (SSSR count). The molecule has 0 spiro atoms. The van der Waals surface area contributed by atoms with Crippen LogP contribution in [0.4, 0.5) is 22.0 Å². The number of nitrogens with zero attached hydrogens (tertiary/aromatic N) is 1. The number of fused-ring (bicyclic) bond motifs is 4. The molecule has 1 aromatic carbocycles. The largest absolute Gasteiger partial charge is 0.456 e. The van der Waals surface area contributed by atoms with E-state index in [1.807, 2.05) is 0 Å². The maximum atomic E-state index is 15.1.